The number of esters is 1. The number of anilines is 2. The second kappa shape index (κ2) is 7.02. The highest BCUT2D eigenvalue weighted by molar-refractivity contribution is 7.14. The molecule has 5 nitrogen and oxygen atoms in total. The third kappa shape index (κ3) is 3.34. The van der Waals surface area contributed by atoms with Crippen molar-refractivity contribution in [2.75, 3.05) is 19.0 Å². The van der Waals surface area contributed by atoms with E-state index in [-0.39, 0.29) is 0 Å². The molecular weight excluding hydrogens is 276 g/mol. The van der Waals surface area contributed by atoms with Crippen molar-refractivity contribution in [1.82, 2.24) is 4.98 Å². The number of nitrogens with zero attached hydrogens (tertiary/aromatic N) is 1. The molecule has 2 aromatic rings. The van der Waals surface area contributed by atoms with Gasteiger partial charge in [-0.1, -0.05) is 18.2 Å². The standard InChI is InChI=1S/C14H16N2O3S/c1-3-19-14(17)12-13(20-9-15-12)16-11-7-5-4-6-10(11)8-18-2/h4-7,9,16H,3,8H2,1-2H3. The van der Waals surface area contributed by atoms with Crippen LogP contribution in [0, 0.1) is 0 Å². The van der Waals surface area contributed by atoms with E-state index in [4.69, 9.17) is 9.47 Å². The van der Waals surface area contributed by atoms with Gasteiger partial charge in [-0.05, 0) is 13.0 Å². The first-order chi connectivity index (χ1) is 9.76. The zero-order valence-electron chi connectivity index (χ0n) is 11.4. The summed E-state index contributed by atoms with van der Waals surface area (Å²) in [6.07, 6.45) is 0. The zero-order valence-corrected chi connectivity index (χ0v) is 12.2. The average Bonchev–Trinajstić information content (AvgIpc) is 2.90. The van der Waals surface area contributed by atoms with Crippen LogP contribution in [0.1, 0.15) is 23.0 Å². The van der Waals surface area contributed by atoms with E-state index >= 15 is 0 Å². The molecule has 0 radical (unpaired) electrons. The molecule has 0 unspecified atom stereocenters. The number of thiazole rings is 1. The zero-order chi connectivity index (χ0) is 14.4. The third-order valence-corrected chi connectivity index (χ3v) is 3.34. The minimum Gasteiger partial charge on any atom is -0.461 e. The molecule has 0 atom stereocenters. The molecule has 106 valence electrons. The number of para-hydroxylation sites is 1. The van der Waals surface area contributed by atoms with Gasteiger partial charge in [0.2, 0.25) is 0 Å². The molecule has 1 aromatic carbocycles. The van der Waals surface area contributed by atoms with E-state index in [1.165, 1.54) is 11.3 Å². The van der Waals surface area contributed by atoms with Crippen molar-refractivity contribution in [2.24, 2.45) is 0 Å². The van der Waals surface area contributed by atoms with Gasteiger partial charge in [-0.25, -0.2) is 9.78 Å². The van der Waals surface area contributed by atoms with Gasteiger partial charge in [-0.2, -0.15) is 0 Å². The van der Waals surface area contributed by atoms with E-state index in [2.05, 4.69) is 10.3 Å². The minimum absolute atomic E-state index is 0.309. The Hall–Kier alpha value is -1.92. The lowest BCUT2D eigenvalue weighted by atomic mass is 10.2. The number of hydrogen-bond donors (Lipinski definition) is 1. The number of carbonyl (C=O) groups is 1. The molecule has 0 fully saturated rings. The Morgan fingerprint density at radius 3 is 2.95 bits per heavy atom. The fraction of sp³-hybridized carbons (Fsp3) is 0.286. The second-order valence-electron chi connectivity index (χ2n) is 3.97. The first-order valence-electron chi connectivity index (χ1n) is 6.20. The number of nitrogens with one attached hydrogen (secondary N) is 1. The number of rotatable bonds is 6. The van der Waals surface area contributed by atoms with Crippen LogP contribution in [0.25, 0.3) is 0 Å². The van der Waals surface area contributed by atoms with Gasteiger partial charge < -0.3 is 14.8 Å². The summed E-state index contributed by atoms with van der Waals surface area (Å²) in [7, 11) is 1.65. The van der Waals surface area contributed by atoms with Gasteiger partial charge in [0.15, 0.2) is 5.69 Å². The lowest BCUT2D eigenvalue weighted by molar-refractivity contribution is 0.0521. The number of carbonyl (C=O) groups excluding carboxylic acids is 1. The Morgan fingerprint density at radius 2 is 2.20 bits per heavy atom. The summed E-state index contributed by atoms with van der Waals surface area (Å²) in [6, 6.07) is 7.77. The molecule has 20 heavy (non-hydrogen) atoms. The maximum atomic E-state index is 11.8. The lowest BCUT2D eigenvalue weighted by Gasteiger charge is -2.10. The van der Waals surface area contributed by atoms with Gasteiger partial charge >= 0.3 is 5.97 Å². The van der Waals surface area contributed by atoms with Gasteiger partial charge in [0.05, 0.1) is 18.7 Å². The molecule has 2 rings (SSSR count). The largest absolute Gasteiger partial charge is 0.461 e. The molecule has 0 saturated heterocycles. The maximum absolute atomic E-state index is 11.8. The Labute approximate surface area is 121 Å². The van der Waals surface area contributed by atoms with Crippen LogP contribution in [0.3, 0.4) is 0 Å². The van der Waals surface area contributed by atoms with Crippen LogP contribution in [-0.2, 0) is 16.1 Å². The number of methoxy groups -OCH3 is 1. The van der Waals surface area contributed by atoms with Crippen LogP contribution in [0.5, 0.6) is 0 Å². The molecule has 0 saturated carbocycles. The van der Waals surface area contributed by atoms with Crippen molar-refractivity contribution < 1.29 is 14.3 Å². The molecule has 0 spiro atoms. The van der Waals surface area contributed by atoms with Crippen molar-refractivity contribution >= 4 is 28.0 Å². The van der Waals surface area contributed by atoms with Crippen LogP contribution in [0.2, 0.25) is 0 Å². The summed E-state index contributed by atoms with van der Waals surface area (Å²) in [5, 5.41) is 3.89. The molecule has 0 bridgehead atoms. The molecule has 0 aliphatic carbocycles. The summed E-state index contributed by atoms with van der Waals surface area (Å²) in [5.41, 5.74) is 3.83. The van der Waals surface area contributed by atoms with Crippen molar-refractivity contribution in [2.45, 2.75) is 13.5 Å². The van der Waals surface area contributed by atoms with Crippen LogP contribution in [0.4, 0.5) is 10.7 Å². The topological polar surface area (TPSA) is 60.5 Å². The third-order valence-electron chi connectivity index (χ3n) is 2.60. The SMILES string of the molecule is CCOC(=O)c1ncsc1Nc1ccccc1COC. The molecule has 0 aliphatic heterocycles. The molecule has 0 amide bonds. The minimum atomic E-state index is -0.416. The fourth-order valence-corrected chi connectivity index (χ4v) is 2.41. The number of benzene rings is 1. The van der Waals surface area contributed by atoms with E-state index in [1.54, 1.807) is 19.5 Å². The summed E-state index contributed by atoms with van der Waals surface area (Å²) in [6.45, 7) is 2.60. The van der Waals surface area contributed by atoms with Crippen molar-refractivity contribution in [3.8, 4) is 0 Å². The molecule has 1 N–H and O–H groups in total. The highest BCUT2D eigenvalue weighted by Gasteiger charge is 2.16. The van der Waals surface area contributed by atoms with Crippen LogP contribution in [-0.4, -0.2) is 24.7 Å². The first kappa shape index (κ1) is 14.5. The molecule has 1 heterocycles. The number of ether oxygens (including phenoxy) is 2. The van der Waals surface area contributed by atoms with E-state index in [1.807, 2.05) is 24.3 Å². The van der Waals surface area contributed by atoms with Gasteiger partial charge in [0, 0.05) is 18.4 Å². The number of hydrogen-bond acceptors (Lipinski definition) is 6. The second-order valence-corrected chi connectivity index (χ2v) is 4.82. The van der Waals surface area contributed by atoms with Gasteiger partial charge in [-0.3, -0.25) is 0 Å². The summed E-state index contributed by atoms with van der Waals surface area (Å²) < 4.78 is 10.1. The fourth-order valence-electron chi connectivity index (χ4n) is 1.73. The van der Waals surface area contributed by atoms with E-state index in [9.17, 15) is 4.79 Å². The van der Waals surface area contributed by atoms with Crippen LogP contribution < -0.4 is 5.32 Å². The van der Waals surface area contributed by atoms with Crippen LogP contribution in [0.15, 0.2) is 29.8 Å². The van der Waals surface area contributed by atoms with Gasteiger partial charge in [-0.15, -0.1) is 11.3 Å². The summed E-state index contributed by atoms with van der Waals surface area (Å²) in [4.78, 5) is 15.8. The van der Waals surface area contributed by atoms with E-state index < -0.39 is 5.97 Å². The Kier molecular flexibility index (Phi) is 5.09. The Bertz CT molecular complexity index is 583. The normalized spacial score (nSPS) is 10.3. The lowest BCUT2D eigenvalue weighted by Crippen LogP contribution is -2.08. The van der Waals surface area contributed by atoms with Gasteiger partial charge in [0.1, 0.15) is 5.00 Å². The molecular formula is C14H16N2O3S. The van der Waals surface area contributed by atoms with Crippen molar-refractivity contribution in [1.29, 1.82) is 0 Å². The van der Waals surface area contributed by atoms with E-state index in [0.717, 1.165) is 11.3 Å². The first-order valence-corrected chi connectivity index (χ1v) is 7.08. The quantitative estimate of drug-likeness (QED) is 0.828. The Morgan fingerprint density at radius 1 is 1.40 bits per heavy atom. The number of aromatic nitrogens is 1. The predicted molar refractivity (Wildman–Crippen MR) is 78.5 cm³/mol. The highest BCUT2D eigenvalue weighted by atomic mass is 32.1. The highest BCUT2D eigenvalue weighted by Crippen LogP contribution is 2.27. The summed E-state index contributed by atoms with van der Waals surface area (Å²) >= 11 is 1.36. The van der Waals surface area contributed by atoms with Crippen LogP contribution >= 0.6 is 11.3 Å². The van der Waals surface area contributed by atoms with Crippen molar-refractivity contribution in [3.05, 3.63) is 41.0 Å². The van der Waals surface area contributed by atoms with Crippen molar-refractivity contribution in [3.63, 3.8) is 0 Å². The predicted octanol–water partition coefficient (Wildman–Crippen LogP) is 3.21. The molecule has 0 aliphatic rings. The smallest absolute Gasteiger partial charge is 0.360 e. The van der Waals surface area contributed by atoms with E-state index in [0.29, 0.717) is 23.9 Å². The monoisotopic (exact) mass is 292 g/mol. The average molecular weight is 292 g/mol. The van der Waals surface area contributed by atoms with Gasteiger partial charge in [0.25, 0.3) is 0 Å². The Balaban J connectivity index is 2.23. The maximum Gasteiger partial charge on any atom is 0.360 e. The summed E-state index contributed by atoms with van der Waals surface area (Å²) in [5.74, 6) is -0.416. The molecule has 1 aromatic heterocycles. The molecule has 6 heteroatoms.